The Morgan fingerprint density at radius 2 is 1.53 bits per heavy atom. The fraction of sp³-hybridized carbons (Fsp3) is 0.917. The van der Waals surface area contributed by atoms with Crippen molar-refractivity contribution in [3.63, 3.8) is 0 Å². The Morgan fingerprint density at radius 3 is 2.07 bits per heavy atom. The Hall–Kier alpha value is -0.410. The third-order valence-corrected chi connectivity index (χ3v) is 2.15. The Morgan fingerprint density at radius 1 is 0.933 bits per heavy atom. The van der Waals surface area contributed by atoms with Crippen LogP contribution >= 0.6 is 0 Å². The van der Waals surface area contributed by atoms with E-state index in [4.69, 9.17) is 9.47 Å². The molecule has 0 atom stereocenters. The van der Waals surface area contributed by atoms with Crippen molar-refractivity contribution in [1.82, 2.24) is 0 Å². The summed E-state index contributed by atoms with van der Waals surface area (Å²) in [5.74, 6) is 0.317. The highest BCUT2D eigenvalue weighted by molar-refractivity contribution is 5.77. The SMILES string of the molecule is CCCCOCCOCCCC(=O)CC. The highest BCUT2D eigenvalue weighted by atomic mass is 16.5. The molecule has 3 heteroatoms. The Labute approximate surface area is 93.1 Å². The molecule has 0 amide bonds. The van der Waals surface area contributed by atoms with Gasteiger partial charge in [-0.15, -0.1) is 0 Å². The standard InChI is InChI=1S/C12H24O3/c1-3-5-8-14-10-11-15-9-6-7-12(13)4-2/h3-11H2,1-2H3. The molecule has 0 N–H and O–H groups in total. The molecule has 0 fully saturated rings. The Kier molecular flexibility index (Phi) is 11.3. The van der Waals surface area contributed by atoms with Gasteiger partial charge in [-0.05, 0) is 12.8 Å². The number of unbranched alkanes of at least 4 members (excludes halogenated alkanes) is 1. The predicted octanol–water partition coefficient (Wildman–Crippen LogP) is 2.58. The van der Waals surface area contributed by atoms with Gasteiger partial charge in [0.15, 0.2) is 0 Å². The first-order chi connectivity index (χ1) is 7.31. The van der Waals surface area contributed by atoms with E-state index in [0.717, 1.165) is 19.4 Å². The fourth-order valence-corrected chi connectivity index (χ4v) is 1.12. The smallest absolute Gasteiger partial charge is 0.132 e. The zero-order valence-electron chi connectivity index (χ0n) is 10.1. The predicted molar refractivity (Wildman–Crippen MR) is 61.1 cm³/mol. The van der Waals surface area contributed by atoms with E-state index < -0.39 is 0 Å². The summed E-state index contributed by atoms with van der Waals surface area (Å²) in [6.07, 6.45) is 4.40. The van der Waals surface area contributed by atoms with E-state index in [2.05, 4.69) is 6.92 Å². The van der Waals surface area contributed by atoms with Gasteiger partial charge in [-0.1, -0.05) is 20.3 Å². The molecule has 3 nitrogen and oxygen atoms in total. The largest absolute Gasteiger partial charge is 0.379 e. The normalized spacial score (nSPS) is 10.5. The number of hydrogen-bond donors (Lipinski definition) is 0. The van der Waals surface area contributed by atoms with Gasteiger partial charge in [-0.2, -0.15) is 0 Å². The van der Waals surface area contributed by atoms with E-state index in [0.29, 0.717) is 38.4 Å². The third kappa shape index (κ3) is 11.5. The molecule has 0 aromatic rings. The van der Waals surface area contributed by atoms with Crippen LogP contribution in [0.25, 0.3) is 0 Å². The minimum Gasteiger partial charge on any atom is -0.379 e. The number of ketones is 1. The third-order valence-electron chi connectivity index (χ3n) is 2.15. The molecule has 0 saturated heterocycles. The monoisotopic (exact) mass is 216 g/mol. The molecule has 15 heavy (non-hydrogen) atoms. The minimum atomic E-state index is 0.317. The van der Waals surface area contributed by atoms with E-state index in [9.17, 15) is 4.79 Å². The summed E-state index contributed by atoms with van der Waals surface area (Å²) in [5, 5.41) is 0. The molecule has 0 spiro atoms. The highest BCUT2D eigenvalue weighted by Crippen LogP contribution is 1.95. The average molecular weight is 216 g/mol. The van der Waals surface area contributed by atoms with Crippen LogP contribution in [0.2, 0.25) is 0 Å². The average Bonchev–Trinajstić information content (AvgIpc) is 2.26. The lowest BCUT2D eigenvalue weighted by molar-refractivity contribution is -0.119. The zero-order chi connectivity index (χ0) is 11.4. The second-order valence-corrected chi connectivity index (χ2v) is 3.57. The first-order valence-electron chi connectivity index (χ1n) is 5.98. The molecule has 0 rings (SSSR count). The first-order valence-corrected chi connectivity index (χ1v) is 5.98. The summed E-state index contributed by atoms with van der Waals surface area (Å²) >= 11 is 0. The topological polar surface area (TPSA) is 35.5 Å². The van der Waals surface area contributed by atoms with Gasteiger partial charge in [-0.25, -0.2) is 0 Å². The van der Waals surface area contributed by atoms with E-state index >= 15 is 0 Å². The number of ether oxygens (including phenoxy) is 2. The summed E-state index contributed by atoms with van der Waals surface area (Å²) in [7, 11) is 0. The summed E-state index contributed by atoms with van der Waals surface area (Å²) in [6, 6.07) is 0. The van der Waals surface area contributed by atoms with Crippen LogP contribution in [-0.2, 0) is 14.3 Å². The summed E-state index contributed by atoms with van der Waals surface area (Å²) < 4.78 is 10.7. The second kappa shape index (κ2) is 11.7. The van der Waals surface area contributed by atoms with Crippen molar-refractivity contribution in [2.45, 2.75) is 46.0 Å². The molecule has 0 heterocycles. The van der Waals surface area contributed by atoms with Crippen LogP contribution in [0.15, 0.2) is 0 Å². The zero-order valence-corrected chi connectivity index (χ0v) is 10.1. The number of Topliss-reactive ketones (excluding diaryl/α,β-unsaturated/α-hetero) is 1. The summed E-state index contributed by atoms with van der Waals surface area (Å²) in [5.41, 5.74) is 0. The summed E-state index contributed by atoms with van der Waals surface area (Å²) in [6.45, 7) is 6.85. The molecular weight excluding hydrogens is 192 g/mol. The Bertz CT molecular complexity index is 146. The van der Waals surface area contributed by atoms with Gasteiger partial charge in [0.25, 0.3) is 0 Å². The van der Waals surface area contributed by atoms with E-state index in [1.54, 1.807) is 0 Å². The van der Waals surface area contributed by atoms with Crippen LogP contribution in [0.5, 0.6) is 0 Å². The van der Waals surface area contributed by atoms with E-state index in [1.165, 1.54) is 6.42 Å². The van der Waals surface area contributed by atoms with Gasteiger partial charge >= 0.3 is 0 Å². The maximum atomic E-state index is 10.9. The van der Waals surface area contributed by atoms with Gasteiger partial charge in [0.1, 0.15) is 5.78 Å². The fourth-order valence-electron chi connectivity index (χ4n) is 1.12. The van der Waals surface area contributed by atoms with Crippen LogP contribution < -0.4 is 0 Å². The Balaban J connectivity index is 2.95. The minimum absolute atomic E-state index is 0.317. The van der Waals surface area contributed by atoms with E-state index in [-0.39, 0.29) is 0 Å². The molecular formula is C12H24O3. The number of rotatable bonds is 11. The molecule has 0 aliphatic heterocycles. The van der Waals surface area contributed by atoms with Gasteiger partial charge in [0.05, 0.1) is 13.2 Å². The van der Waals surface area contributed by atoms with Crippen LogP contribution in [0.3, 0.4) is 0 Å². The van der Waals surface area contributed by atoms with Crippen molar-refractivity contribution in [1.29, 1.82) is 0 Å². The van der Waals surface area contributed by atoms with Gasteiger partial charge in [-0.3, -0.25) is 4.79 Å². The first kappa shape index (κ1) is 14.6. The lowest BCUT2D eigenvalue weighted by Crippen LogP contribution is -2.07. The molecule has 0 bridgehead atoms. The summed E-state index contributed by atoms with van der Waals surface area (Å²) in [4.78, 5) is 10.9. The van der Waals surface area contributed by atoms with Crippen molar-refractivity contribution in [2.75, 3.05) is 26.4 Å². The van der Waals surface area contributed by atoms with Crippen LogP contribution in [-0.4, -0.2) is 32.2 Å². The number of hydrogen-bond acceptors (Lipinski definition) is 3. The molecule has 0 unspecified atom stereocenters. The molecule has 0 aliphatic rings. The van der Waals surface area contributed by atoms with E-state index in [1.807, 2.05) is 6.92 Å². The van der Waals surface area contributed by atoms with Crippen molar-refractivity contribution in [3.8, 4) is 0 Å². The number of carbonyl (C=O) groups excluding carboxylic acids is 1. The lowest BCUT2D eigenvalue weighted by Gasteiger charge is -2.04. The van der Waals surface area contributed by atoms with Gasteiger partial charge < -0.3 is 9.47 Å². The highest BCUT2D eigenvalue weighted by Gasteiger charge is 1.97. The maximum Gasteiger partial charge on any atom is 0.132 e. The lowest BCUT2D eigenvalue weighted by atomic mass is 10.2. The molecule has 0 saturated carbocycles. The molecule has 0 aliphatic carbocycles. The molecule has 90 valence electrons. The number of carbonyl (C=O) groups is 1. The van der Waals surface area contributed by atoms with Crippen molar-refractivity contribution >= 4 is 5.78 Å². The quantitative estimate of drug-likeness (QED) is 0.498. The second-order valence-electron chi connectivity index (χ2n) is 3.57. The maximum absolute atomic E-state index is 10.9. The van der Waals surface area contributed by atoms with Crippen LogP contribution in [0.4, 0.5) is 0 Å². The van der Waals surface area contributed by atoms with Crippen molar-refractivity contribution in [2.24, 2.45) is 0 Å². The molecule has 0 aromatic heterocycles. The molecule has 0 aromatic carbocycles. The van der Waals surface area contributed by atoms with Crippen molar-refractivity contribution < 1.29 is 14.3 Å². The van der Waals surface area contributed by atoms with Crippen LogP contribution in [0.1, 0.15) is 46.0 Å². The molecule has 0 radical (unpaired) electrons. The van der Waals surface area contributed by atoms with Gasteiger partial charge in [0, 0.05) is 26.1 Å². The van der Waals surface area contributed by atoms with Gasteiger partial charge in [0.2, 0.25) is 0 Å². The van der Waals surface area contributed by atoms with Crippen LogP contribution in [0, 0.1) is 0 Å². The van der Waals surface area contributed by atoms with Crippen molar-refractivity contribution in [3.05, 3.63) is 0 Å².